The van der Waals surface area contributed by atoms with E-state index >= 15 is 0 Å². The Morgan fingerprint density at radius 3 is 2.40 bits per heavy atom. The smallest absolute Gasteiger partial charge is 0.273 e. The van der Waals surface area contributed by atoms with Crippen LogP contribution in [0.5, 0.6) is 0 Å². The number of aryl methyl sites for hydroxylation is 1. The van der Waals surface area contributed by atoms with Crippen molar-refractivity contribution in [2.45, 2.75) is 96.2 Å². The van der Waals surface area contributed by atoms with E-state index in [1.165, 1.54) is 17.7 Å². The third kappa shape index (κ3) is 7.06. The molecule has 2 amide bonds. The van der Waals surface area contributed by atoms with Crippen LogP contribution in [0.2, 0.25) is 5.02 Å². The summed E-state index contributed by atoms with van der Waals surface area (Å²) < 4.78 is 10.3. The maximum absolute atomic E-state index is 14.4. The minimum absolute atomic E-state index is 0.0246. The number of benzene rings is 1. The molecule has 5 rings (SSSR count). The Hall–Kier alpha value is -3.17. The van der Waals surface area contributed by atoms with Crippen LogP contribution in [0.3, 0.4) is 0 Å². The summed E-state index contributed by atoms with van der Waals surface area (Å²) in [5, 5.41) is 3.51. The summed E-state index contributed by atoms with van der Waals surface area (Å²) in [6.45, 7) is 1.87. The van der Waals surface area contributed by atoms with E-state index in [1.807, 2.05) is 25.1 Å². The van der Waals surface area contributed by atoms with Gasteiger partial charge in [-0.05, 0) is 61.0 Å². The van der Waals surface area contributed by atoms with E-state index in [0.29, 0.717) is 28.5 Å². The molecule has 3 N–H and O–H groups in total. The van der Waals surface area contributed by atoms with Gasteiger partial charge >= 0.3 is 0 Å². The lowest BCUT2D eigenvalue weighted by Crippen LogP contribution is -2.39. The Balaban J connectivity index is 1.49. The van der Waals surface area contributed by atoms with Crippen LogP contribution in [0.4, 0.5) is 5.69 Å². The first-order valence-corrected chi connectivity index (χ1v) is 16.2. The average Bonchev–Trinajstić information content (AvgIpc) is 3.59. The molecule has 10 heteroatoms. The van der Waals surface area contributed by atoms with E-state index < -0.39 is 11.9 Å². The molecule has 2 fully saturated rings. The molecule has 3 aromatic rings. The van der Waals surface area contributed by atoms with E-state index in [2.05, 4.69) is 9.69 Å². The van der Waals surface area contributed by atoms with Crippen LogP contribution in [-0.2, 0) is 11.3 Å². The van der Waals surface area contributed by atoms with Crippen LogP contribution in [0.1, 0.15) is 114 Å². The number of nitrogens with one attached hydrogen (secondary N) is 1. The van der Waals surface area contributed by atoms with Crippen molar-refractivity contribution < 1.29 is 18.8 Å². The number of hydrogen-bond acceptors (Lipinski definition) is 7. The first kappa shape index (κ1) is 30.3. The fourth-order valence-electron chi connectivity index (χ4n) is 6.21. The Bertz CT molecular complexity index is 1410. The van der Waals surface area contributed by atoms with Crippen LogP contribution in [-0.4, -0.2) is 32.9 Å². The number of nitrogens with two attached hydrogens (primary N) is 1. The van der Waals surface area contributed by atoms with Crippen molar-refractivity contribution in [1.29, 1.82) is 0 Å². The van der Waals surface area contributed by atoms with Crippen LogP contribution in [0.15, 0.2) is 40.8 Å². The fourth-order valence-corrected chi connectivity index (χ4v) is 7.16. The molecule has 2 saturated carbocycles. The fraction of sp³-hybridized carbons (Fsp3) is 0.500. The quantitative estimate of drug-likeness (QED) is 0.249. The zero-order chi connectivity index (χ0) is 29.6. The zero-order valence-corrected chi connectivity index (χ0v) is 25.6. The molecule has 0 saturated heterocycles. The number of anilines is 1. The third-order valence-electron chi connectivity index (χ3n) is 8.50. The molecular weight excluding hydrogens is 572 g/mol. The molecule has 2 aliphatic carbocycles. The highest BCUT2D eigenvalue weighted by molar-refractivity contribution is 7.09. The van der Waals surface area contributed by atoms with E-state index in [0.717, 1.165) is 62.9 Å². The Kier molecular flexibility index (Phi) is 10.0. The topological polar surface area (TPSA) is 119 Å². The van der Waals surface area contributed by atoms with Gasteiger partial charge in [0.15, 0.2) is 11.5 Å². The summed E-state index contributed by atoms with van der Waals surface area (Å²) in [5.41, 5.74) is 7.20. The Morgan fingerprint density at radius 1 is 1.05 bits per heavy atom. The third-order valence-corrected chi connectivity index (χ3v) is 9.72. The molecule has 2 aliphatic rings. The number of furan rings is 1. The lowest BCUT2D eigenvalue weighted by molar-refractivity contribution is -0.125. The number of amides is 2. The summed E-state index contributed by atoms with van der Waals surface area (Å²) in [6, 6.07) is 9.89. The Labute approximate surface area is 256 Å². The number of Topliss-reactive ketones (excluding diaryl/α,β-unsaturated/α-hetero) is 1. The van der Waals surface area contributed by atoms with Crippen molar-refractivity contribution in [3.8, 4) is 0 Å². The second kappa shape index (κ2) is 13.9. The standard InChI is InChI=1S/C32H39ClN4O4S/c1-20-16-17-26(41-20)29(25(38)18-21-10-4-2-5-11-21)37(19-22-12-8-9-15-24(22)33)32(40)30-27(34)28(36-42-30)31(39)35-23-13-6-3-7-14-23/h8-9,12,15-17,21,23,29H,2-7,10-11,13-14,18-19,34H2,1H3,(H,35,39). The van der Waals surface area contributed by atoms with E-state index in [4.69, 9.17) is 21.8 Å². The number of nitrogens with zero attached hydrogens (tertiary/aromatic N) is 2. The lowest BCUT2D eigenvalue weighted by atomic mass is 9.84. The van der Waals surface area contributed by atoms with Crippen molar-refractivity contribution in [3.63, 3.8) is 0 Å². The highest BCUT2D eigenvalue weighted by Gasteiger charge is 2.38. The number of aromatic nitrogens is 1. The molecule has 0 bridgehead atoms. The number of hydrogen-bond donors (Lipinski definition) is 2. The highest BCUT2D eigenvalue weighted by atomic mass is 35.5. The predicted octanol–water partition coefficient (Wildman–Crippen LogP) is 7.27. The second-order valence-corrected chi connectivity index (χ2v) is 12.8. The Morgan fingerprint density at radius 2 is 1.74 bits per heavy atom. The molecule has 224 valence electrons. The molecule has 0 radical (unpaired) electrons. The monoisotopic (exact) mass is 610 g/mol. The van der Waals surface area contributed by atoms with Crippen molar-refractivity contribution in [2.75, 3.05) is 5.73 Å². The molecule has 2 heterocycles. The summed E-state index contributed by atoms with van der Waals surface area (Å²) in [4.78, 5) is 43.2. The van der Waals surface area contributed by atoms with Gasteiger partial charge in [0.1, 0.15) is 22.4 Å². The van der Waals surface area contributed by atoms with E-state index in [-0.39, 0.29) is 46.5 Å². The molecule has 0 spiro atoms. The minimum Gasteiger partial charge on any atom is -0.464 e. The van der Waals surface area contributed by atoms with Crippen molar-refractivity contribution in [3.05, 3.63) is 69.1 Å². The van der Waals surface area contributed by atoms with Crippen molar-refractivity contribution in [2.24, 2.45) is 5.92 Å². The maximum Gasteiger partial charge on any atom is 0.273 e. The summed E-state index contributed by atoms with van der Waals surface area (Å²) in [6.07, 6.45) is 10.9. The van der Waals surface area contributed by atoms with Gasteiger partial charge in [0, 0.05) is 24.0 Å². The number of carbonyl (C=O) groups is 3. The first-order valence-electron chi connectivity index (χ1n) is 15.0. The molecular formula is C32H39ClN4O4S. The predicted molar refractivity (Wildman–Crippen MR) is 165 cm³/mol. The van der Waals surface area contributed by atoms with Crippen LogP contribution in [0, 0.1) is 12.8 Å². The summed E-state index contributed by atoms with van der Waals surface area (Å²) in [7, 11) is 0. The normalized spacial score (nSPS) is 17.1. The maximum atomic E-state index is 14.4. The molecule has 42 heavy (non-hydrogen) atoms. The van der Waals surface area contributed by atoms with Gasteiger partial charge in [-0.1, -0.05) is 81.2 Å². The number of nitrogen functional groups attached to an aromatic ring is 1. The largest absolute Gasteiger partial charge is 0.464 e. The highest BCUT2D eigenvalue weighted by Crippen LogP contribution is 2.36. The van der Waals surface area contributed by atoms with Crippen LogP contribution < -0.4 is 11.1 Å². The van der Waals surface area contributed by atoms with E-state index in [1.54, 1.807) is 18.2 Å². The van der Waals surface area contributed by atoms with Gasteiger partial charge in [-0.15, -0.1) is 0 Å². The SMILES string of the molecule is Cc1ccc(C(C(=O)CC2CCCCC2)N(Cc2ccccc2Cl)C(=O)c2snc(C(=O)NC3CCCCC3)c2N)o1. The van der Waals surface area contributed by atoms with Crippen molar-refractivity contribution in [1.82, 2.24) is 14.6 Å². The first-order chi connectivity index (χ1) is 20.3. The molecule has 1 unspecified atom stereocenters. The average molecular weight is 611 g/mol. The summed E-state index contributed by atoms with van der Waals surface area (Å²) >= 11 is 7.43. The van der Waals surface area contributed by atoms with E-state index in [9.17, 15) is 14.4 Å². The number of halogens is 1. The van der Waals surface area contributed by atoms with Gasteiger partial charge in [-0.25, -0.2) is 0 Å². The summed E-state index contributed by atoms with van der Waals surface area (Å²) in [5.74, 6) is 0.355. The van der Waals surface area contributed by atoms with Crippen LogP contribution >= 0.6 is 23.1 Å². The van der Waals surface area contributed by atoms with Crippen LogP contribution in [0.25, 0.3) is 0 Å². The molecule has 8 nitrogen and oxygen atoms in total. The van der Waals surface area contributed by atoms with Gasteiger partial charge in [0.25, 0.3) is 11.8 Å². The van der Waals surface area contributed by atoms with Gasteiger partial charge in [-0.2, -0.15) is 4.37 Å². The molecule has 2 aromatic heterocycles. The van der Waals surface area contributed by atoms with Gasteiger partial charge in [0.05, 0.1) is 5.69 Å². The number of rotatable bonds is 10. The number of ketones is 1. The molecule has 1 atom stereocenters. The van der Waals surface area contributed by atoms with Crippen molar-refractivity contribution >= 4 is 46.4 Å². The van der Waals surface area contributed by atoms with Gasteiger partial charge in [-0.3, -0.25) is 14.4 Å². The van der Waals surface area contributed by atoms with Gasteiger partial charge in [0.2, 0.25) is 0 Å². The lowest BCUT2D eigenvalue weighted by Gasteiger charge is -2.31. The molecule has 0 aliphatic heterocycles. The minimum atomic E-state index is -0.981. The second-order valence-electron chi connectivity index (χ2n) is 11.6. The zero-order valence-electron chi connectivity index (χ0n) is 24.1. The molecule has 1 aromatic carbocycles. The van der Waals surface area contributed by atoms with Gasteiger partial charge < -0.3 is 20.4 Å². The number of carbonyl (C=O) groups excluding carboxylic acids is 3.